The Morgan fingerprint density at radius 2 is 1.43 bits per heavy atom. The van der Waals surface area contributed by atoms with E-state index in [1.54, 1.807) is 0 Å². The maximum Gasteiger partial charge on any atom is 0.216 e. The minimum atomic E-state index is 0.209. The van der Waals surface area contributed by atoms with Crippen molar-refractivity contribution in [2.75, 3.05) is 9.80 Å². The molecule has 0 saturated heterocycles. The smallest absolute Gasteiger partial charge is 0.216 e. The second-order valence-corrected chi connectivity index (χ2v) is 13.1. The van der Waals surface area contributed by atoms with Crippen molar-refractivity contribution in [2.24, 2.45) is 10.9 Å². The molecule has 0 radical (unpaired) electrons. The Bertz CT molecular complexity index is 2440. The highest BCUT2D eigenvalue weighted by atomic mass is 16.3. The van der Waals surface area contributed by atoms with Crippen LogP contribution in [0, 0.1) is 12.8 Å². The molecule has 4 heterocycles. The van der Waals surface area contributed by atoms with Crippen LogP contribution in [0.1, 0.15) is 25.3 Å². The van der Waals surface area contributed by atoms with Crippen molar-refractivity contribution in [3.63, 3.8) is 0 Å². The van der Waals surface area contributed by atoms with Gasteiger partial charge in [0, 0.05) is 27.2 Å². The van der Waals surface area contributed by atoms with Gasteiger partial charge in [-0.1, -0.05) is 61.0 Å². The fourth-order valence-electron chi connectivity index (χ4n) is 7.88. The van der Waals surface area contributed by atoms with Gasteiger partial charge in [0.2, 0.25) is 5.96 Å². The second kappa shape index (κ2) is 9.48. The number of fused-ring (bicyclic) bond motifs is 11. The van der Waals surface area contributed by atoms with Crippen molar-refractivity contribution in [1.29, 1.82) is 0 Å². The Kier molecular flexibility index (Phi) is 5.30. The van der Waals surface area contributed by atoms with Gasteiger partial charge in [-0.25, -0.2) is 4.99 Å². The van der Waals surface area contributed by atoms with Crippen molar-refractivity contribution < 1.29 is 4.42 Å². The number of allylic oxidation sites excluding steroid dienone is 2. The number of nitrogens with zero attached hydrogens (tertiary/aromatic N) is 4. The van der Waals surface area contributed by atoms with Crippen molar-refractivity contribution in [2.45, 2.75) is 32.7 Å². The molecule has 2 aliphatic heterocycles. The monoisotopic (exact) mass is 596 g/mol. The Balaban J connectivity index is 1.21. The molecule has 0 N–H and O–H groups in total. The summed E-state index contributed by atoms with van der Waals surface area (Å²) in [6.07, 6.45) is 8.96. The van der Waals surface area contributed by atoms with Crippen molar-refractivity contribution in [3.8, 4) is 5.69 Å². The van der Waals surface area contributed by atoms with Crippen LogP contribution in [0.5, 0.6) is 0 Å². The van der Waals surface area contributed by atoms with Crippen LogP contribution < -0.4 is 9.80 Å². The van der Waals surface area contributed by atoms with Gasteiger partial charge in [0.15, 0.2) is 0 Å². The highest BCUT2D eigenvalue weighted by molar-refractivity contribution is 6.22. The summed E-state index contributed by atoms with van der Waals surface area (Å²) in [4.78, 5) is 10.1. The molecular formula is C41H32N4O. The zero-order valence-corrected chi connectivity index (χ0v) is 25.8. The predicted molar refractivity (Wildman–Crippen MR) is 191 cm³/mol. The lowest BCUT2D eigenvalue weighted by Gasteiger charge is -2.35. The van der Waals surface area contributed by atoms with E-state index in [9.17, 15) is 0 Å². The Labute approximate surface area is 267 Å². The first-order chi connectivity index (χ1) is 22.6. The molecule has 222 valence electrons. The first-order valence-electron chi connectivity index (χ1n) is 16.2. The van der Waals surface area contributed by atoms with E-state index in [1.165, 1.54) is 33.1 Å². The highest BCUT2D eigenvalue weighted by Crippen LogP contribution is 2.48. The van der Waals surface area contributed by atoms with E-state index in [4.69, 9.17) is 9.41 Å². The first kappa shape index (κ1) is 25.7. The van der Waals surface area contributed by atoms with Crippen LogP contribution in [0.4, 0.5) is 17.1 Å². The predicted octanol–water partition coefficient (Wildman–Crippen LogP) is 10.6. The topological polar surface area (TPSA) is 36.9 Å². The summed E-state index contributed by atoms with van der Waals surface area (Å²) in [5.74, 6) is 1.52. The number of furan rings is 1. The van der Waals surface area contributed by atoms with E-state index >= 15 is 0 Å². The summed E-state index contributed by atoms with van der Waals surface area (Å²) in [5.41, 5.74) is 11.1. The minimum Gasteiger partial charge on any atom is -0.456 e. The molecule has 2 atom stereocenters. The maximum absolute atomic E-state index is 6.25. The fourth-order valence-corrected chi connectivity index (χ4v) is 7.88. The standard InChI is InChI=1S/C41H32N4O/c1-25-8-7-9-27-22-30(20-25)45-38-24-29(43-35-12-5-3-10-31(35)32-11-4-6-13-36(32)43)15-17-37(38)44(41(45)42-27)28-16-19-40-34(23-28)33-21-26(2)14-18-39(33)46-40/h3-7,9-19,21-25,30H,8,20H2,1-2H3. The number of hydrogen-bond donors (Lipinski definition) is 0. The number of aromatic nitrogens is 1. The molecule has 3 aliphatic rings. The maximum atomic E-state index is 6.25. The van der Waals surface area contributed by atoms with Crippen LogP contribution in [0.25, 0.3) is 49.4 Å². The number of aryl methyl sites for hydroxylation is 1. The van der Waals surface area contributed by atoms with Crippen LogP contribution >= 0.6 is 0 Å². The molecule has 1 aliphatic carbocycles. The molecule has 5 nitrogen and oxygen atoms in total. The van der Waals surface area contributed by atoms with E-state index in [2.05, 4.69) is 150 Å². The number of aliphatic imine (C=N–C) groups is 1. The summed E-state index contributed by atoms with van der Waals surface area (Å²) < 4.78 is 8.66. The van der Waals surface area contributed by atoms with E-state index in [1.807, 2.05) is 0 Å². The van der Waals surface area contributed by atoms with E-state index in [-0.39, 0.29) is 6.04 Å². The third-order valence-electron chi connectivity index (χ3n) is 9.97. The lowest BCUT2D eigenvalue weighted by molar-refractivity contribution is 0.501. The highest BCUT2D eigenvalue weighted by Gasteiger charge is 2.41. The number of hydrogen-bond acceptors (Lipinski definition) is 4. The van der Waals surface area contributed by atoms with Crippen LogP contribution in [0.3, 0.4) is 0 Å². The van der Waals surface area contributed by atoms with Crippen LogP contribution in [0.15, 0.2) is 136 Å². The summed E-state index contributed by atoms with van der Waals surface area (Å²) >= 11 is 0. The average molecular weight is 597 g/mol. The number of guanidine groups is 1. The first-order valence-corrected chi connectivity index (χ1v) is 16.2. The molecule has 0 spiro atoms. The summed E-state index contributed by atoms with van der Waals surface area (Å²) in [7, 11) is 0. The molecule has 2 aromatic heterocycles. The van der Waals surface area contributed by atoms with E-state index in [0.717, 1.165) is 63.5 Å². The molecule has 10 rings (SSSR count). The average Bonchev–Trinajstić information content (AvgIpc) is 3.71. The zero-order chi connectivity index (χ0) is 30.5. The molecule has 46 heavy (non-hydrogen) atoms. The largest absolute Gasteiger partial charge is 0.456 e. The molecule has 2 bridgehead atoms. The third-order valence-corrected chi connectivity index (χ3v) is 9.97. The van der Waals surface area contributed by atoms with Crippen molar-refractivity contribution in [3.05, 3.63) is 133 Å². The van der Waals surface area contributed by atoms with Gasteiger partial charge < -0.3 is 13.9 Å². The lowest BCUT2D eigenvalue weighted by atomic mass is 9.93. The van der Waals surface area contributed by atoms with Crippen molar-refractivity contribution >= 4 is 66.8 Å². The van der Waals surface area contributed by atoms with Gasteiger partial charge in [0.05, 0.1) is 39.8 Å². The number of para-hydroxylation sites is 2. The van der Waals surface area contributed by atoms with Crippen LogP contribution in [0.2, 0.25) is 0 Å². The van der Waals surface area contributed by atoms with E-state index < -0.39 is 0 Å². The SMILES string of the molecule is Cc1ccc2oc3ccc(N4C5=NC6=CC(CC(C)CC=C6)N5c5cc(-n6c7ccccc7c7ccccc76)ccc54)cc3c2c1. The fraction of sp³-hybridized carbons (Fsp3) is 0.146. The quantitative estimate of drug-likeness (QED) is 0.199. The molecule has 5 heteroatoms. The summed E-state index contributed by atoms with van der Waals surface area (Å²) in [6.45, 7) is 4.49. The molecule has 7 aromatic rings. The van der Waals surface area contributed by atoms with Gasteiger partial charge in [0.25, 0.3) is 0 Å². The zero-order valence-electron chi connectivity index (χ0n) is 25.8. The normalized spacial score (nSPS) is 19.0. The van der Waals surface area contributed by atoms with Crippen LogP contribution in [-0.2, 0) is 0 Å². The Morgan fingerprint density at radius 1 is 0.717 bits per heavy atom. The van der Waals surface area contributed by atoms with Crippen molar-refractivity contribution in [1.82, 2.24) is 4.57 Å². The number of rotatable bonds is 2. The minimum absolute atomic E-state index is 0.209. The van der Waals surface area contributed by atoms with Gasteiger partial charge >= 0.3 is 0 Å². The van der Waals surface area contributed by atoms with Crippen LogP contribution in [-0.4, -0.2) is 16.6 Å². The van der Waals surface area contributed by atoms with Gasteiger partial charge in [-0.2, -0.15) is 0 Å². The molecule has 0 amide bonds. The lowest BCUT2D eigenvalue weighted by Crippen LogP contribution is -2.45. The summed E-state index contributed by atoms with van der Waals surface area (Å²) in [5, 5.41) is 4.80. The van der Waals surface area contributed by atoms with Gasteiger partial charge in [-0.3, -0.25) is 4.90 Å². The number of anilines is 3. The van der Waals surface area contributed by atoms with Gasteiger partial charge in [-0.15, -0.1) is 0 Å². The molecule has 0 saturated carbocycles. The second-order valence-electron chi connectivity index (χ2n) is 13.1. The van der Waals surface area contributed by atoms with Gasteiger partial charge in [0.1, 0.15) is 11.2 Å². The van der Waals surface area contributed by atoms with Gasteiger partial charge in [-0.05, 0) is 98.5 Å². The Hall–Kier alpha value is -5.55. The molecular weight excluding hydrogens is 564 g/mol. The Morgan fingerprint density at radius 3 is 2.24 bits per heavy atom. The molecule has 0 fully saturated rings. The summed E-state index contributed by atoms with van der Waals surface area (Å²) in [6, 6.07) is 37.5. The van der Waals surface area contributed by atoms with E-state index in [0.29, 0.717) is 5.92 Å². The number of benzene rings is 5. The molecule has 5 aromatic carbocycles. The molecule has 2 unspecified atom stereocenters. The third kappa shape index (κ3) is 3.66.